The number of hydrogen-bond acceptors (Lipinski definition) is 4. The summed E-state index contributed by atoms with van der Waals surface area (Å²) in [4.78, 5) is 10.8. The molecule has 63 heavy (non-hydrogen) atoms. The summed E-state index contributed by atoms with van der Waals surface area (Å²) < 4.78 is 15.2. The molecule has 4 heterocycles. The van der Waals surface area contributed by atoms with Crippen molar-refractivity contribution in [3.63, 3.8) is 0 Å². The zero-order valence-electron chi connectivity index (χ0n) is 33.9. The SMILES string of the molecule is c1ccc(-c2nc(-c3cc(-c4cccc5oc6ccccc6c45)cc(-c4cccc5oc6ccccc6c45)c3)cc(-c3ccccc3-n3c4ccccc4c4ccccc43)n2)cc1. The van der Waals surface area contributed by atoms with Crippen LogP contribution in [-0.2, 0) is 0 Å². The summed E-state index contributed by atoms with van der Waals surface area (Å²) in [6, 6.07) is 74.4. The number of nitrogens with zero attached hydrogens (tertiary/aromatic N) is 3. The predicted molar refractivity (Wildman–Crippen MR) is 258 cm³/mol. The molecule has 0 saturated heterocycles. The maximum atomic E-state index is 6.43. The molecule has 0 spiro atoms. The van der Waals surface area contributed by atoms with Crippen molar-refractivity contribution in [3.8, 4) is 61.8 Å². The Morgan fingerprint density at radius 2 is 0.778 bits per heavy atom. The molecule has 0 fully saturated rings. The van der Waals surface area contributed by atoms with Gasteiger partial charge in [-0.05, 0) is 89.0 Å². The standard InChI is InChI=1S/C58H35N3O2/c1-2-16-36(17-3-1)58-59-47(35-48(60-58)44-20-6-11-27-51(44)61-49-25-9-4-18-42(49)43-19-5-10-26-50(43)61)39-33-37(40-23-14-30-54-56(40)45-21-7-12-28-52(45)62-54)32-38(34-39)41-24-15-31-55-57(41)46-22-8-13-29-53(46)63-55/h1-35H. The average molecular weight is 806 g/mol. The minimum atomic E-state index is 0.651. The number of furan rings is 2. The monoisotopic (exact) mass is 805 g/mol. The first-order valence-corrected chi connectivity index (χ1v) is 21.2. The Labute approximate surface area is 361 Å². The average Bonchev–Trinajstić information content (AvgIpc) is 4.04. The highest BCUT2D eigenvalue weighted by atomic mass is 16.3. The summed E-state index contributed by atoms with van der Waals surface area (Å²) in [7, 11) is 0. The van der Waals surface area contributed by atoms with Gasteiger partial charge in [-0.2, -0.15) is 0 Å². The molecule has 4 aromatic heterocycles. The number of para-hydroxylation sites is 5. The van der Waals surface area contributed by atoms with Crippen LogP contribution in [0.15, 0.2) is 221 Å². The lowest BCUT2D eigenvalue weighted by Gasteiger charge is -2.16. The van der Waals surface area contributed by atoms with Crippen molar-refractivity contribution in [3.05, 3.63) is 212 Å². The van der Waals surface area contributed by atoms with Crippen LogP contribution in [0.25, 0.3) is 128 Å². The molecule has 0 atom stereocenters. The van der Waals surface area contributed by atoms with Crippen LogP contribution in [0.5, 0.6) is 0 Å². The molecule has 294 valence electrons. The van der Waals surface area contributed by atoms with Gasteiger partial charge in [0.1, 0.15) is 22.3 Å². The molecule has 0 saturated carbocycles. The van der Waals surface area contributed by atoms with E-state index in [9.17, 15) is 0 Å². The predicted octanol–water partition coefficient (Wildman–Crippen LogP) is 15.7. The fraction of sp³-hybridized carbons (Fsp3) is 0. The second kappa shape index (κ2) is 14.0. The third-order valence-corrected chi connectivity index (χ3v) is 12.4. The van der Waals surface area contributed by atoms with Gasteiger partial charge < -0.3 is 13.4 Å². The molecule has 13 aromatic rings. The lowest BCUT2D eigenvalue weighted by Crippen LogP contribution is -2.01. The second-order valence-electron chi connectivity index (χ2n) is 16.1. The van der Waals surface area contributed by atoms with Gasteiger partial charge in [0.05, 0.1) is 28.1 Å². The quantitative estimate of drug-likeness (QED) is 0.168. The molecule has 0 unspecified atom stereocenters. The zero-order valence-corrected chi connectivity index (χ0v) is 33.9. The van der Waals surface area contributed by atoms with Crippen molar-refractivity contribution in [2.24, 2.45) is 0 Å². The van der Waals surface area contributed by atoms with Crippen molar-refractivity contribution in [2.75, 3.05) is 0 Å². The Balaban J connectivity index is 1.10. The van der Waals surface area contributed by atoms with Gasteiger partial charge in [0.15, 0.2) is 5.82 Å². The summed E-state index contributed by atoms with van der Waals surface area (Å²) in [6.07, 6.45) is 0. The van der Waals surface area contributed by atoms with Crippen LogP contribution < -0.4 is 0 Å². The summed E-state index contributed by atoms with van der Waals surface area (Å²) in [5.41, 5.74) is 15.6. The maximum absolute atomic E-state index is 6.43. The Morgan fingerprint density at radius 3 is 1.40 bits per heavy atom. The Morgan fingerprint density at radius 1 is 0.317 bits per heavy atom. The van der Waals surface area contributed by atoms with Crippen molar-refractivity contribution in [1.82, 2.24) is 14.5 Å². The number of hydrogen-bond donors (Lipinski definition) is 0. The van der Waals surface area contributed by atoms with Gasteiger partial charge >= 0.3 is 0 Å². The van der Waals surface area contributed by atoms with Crippen LogP contribution in [0, 0.1) is 0 Å². The smallest absolute Gasteiger partial charge is 0.160 e. The van der Waals surface area contributed by atoms with E-state index in [4.69, 9.17) is 18.8 Å². The van der Waals surface area contributed by atoms with E-state index in [1.807, 2.05) is 42.5 Å². The highest BCUT2D eigenvalue weighted by Gasteiger charge is 2.21. The van der Waals surface area contributed by atoms with Gasteiger partial charge in [-0.1, -0.05) is 146 Å². The van der Waals surface area contributed by atoms with E-state index >= 15 is 0 Å². The first kappa shape index (κ1) is 35.2. The largest absolute Gasteiger partial charge is 0.456 e. The van der Waals surface area contributed by atoms with E-state index in [-0.39, 0.29) is 0 Å². The Hall–Kier alpha value is -8.54. The normalized spacial score (nSPS) is 11.8. The molecule has 13 rings (SSSR count). The third kappa shape index (κ3) is 5.64. The number of benzene rings is 9. The number of fused-ring (bicyclic) bond motifs is 9. The molecular weight excluding hydrogens is 771 g/mol. The summed E-state index contributed by atoms with van der Waals surface area (Å²) >= 11 is 0. The zero-order chi connectivity index (χ0) is 41.4. The van der Waals surface area contributed by atoms with Gasteiger partial charge in [0, 0.05) is 49.0 Å². The van der Waals surface area contributed by atoms with Crippen LogP contribution in [0.4, 0.5) is 0 Å². The molecule has 0 radical (unpaired) electrons. The van der Waals surface area contributed by atoms with Crippen molar-refractivity contribution in [1.29, 1.82) is 0 Å². The first-order chi connectivity index (χ1) is 31.2. The summed E-state index contributed by atoms with van der Waals surface area (Å²) in [5.74, 6) is 0.651. The summed E-state index contributed by atoms with van der Waals surface area (Å²) in [5, 5.41) is 6.74. The molecule has 0 aliphatic carbocycles. The van der Waals surface area contributed by atoms with E-state index in [0.29, 0.717) is 5.82 Å². The van der Waals surface area contributed by atoms with Crippen LogP contribution in [0.3, 0.4) is 0 Å². The highest BCUT2D eigenvalue weighted by Crippen LogP contribution is 2.44. The lowest BCUT2D eigenvalue weighted by atomic mass is 9.91. The highest BCUT2D eigenvalue weighted by molar-refractivity contribution is 6.15. The summed E-state index contributed by atoms with van der Waals surface area (Å²) in [6.45, 7) is 0. The van der Waals surface area contributed by atoms with E-state index in [2.05, 4.69) is 174 Å². The third-order valence-electron chi connectivity index (χ3n) is 12.4. The van der Waals surface area contributed by atoms with Gasteiger partial charge in [-0.15, -0.1) is 0 Å². The van der Waals surface area contributed by atoms with E-state index in [1.54, 1.807) is 0 Å². The molecule has 0 bridgehead atoms. The minimum Gasteiger partial charge on any atom is -0.456 e. The topological polar surface area (TPSA) is 57.0 Å². The second-order valence-corrected chi connectivity index (χ2v) is 16.1. The van der Waals surface area contributed by atoms with Crippen molar-refractivity contribution in [2.45, 2.75) is 0 Å². The molecule has 9 aromatic carbocycles. The molecule has 5 heteroatoms. The van der Waals surface area contributed by atoms with Crippen LogP contribution in [0.1, 0.15) is 0 Å². The Bertz CT molecular complexity index is 3740. The molecule has 0 aliphatic rings. The maximum Gasteiger partial charge on any atom is 0.160 e. The van der Waals surface area contributed by atoms with Crippen LogP contribution in [0.2, 0.25) is 0 Å². The van der Waals surface area contributed by atoms with Crippen LogP contribution >= 0.6 is 0 Å². The van der Waals surface area contributed by atoms with Gasteiger partial charge in [-0.3, -0.25) is 0 Å². The number of aromatic nitrogens is 3. The molecule has 0 aliphatic heterocycles. The molecular formula is C58H35N3O2. The Kier molecular flexibility index (Phi) is 7.84. The van der Waals surface area contributed by atoms with Crippen LogP contribution in [-0.4, -0.2) is 14.5 Å². The van der Waals surface area contributed by atoms with E-state index in [1.165, 1.54) is 10.8 Å². The van der Waals surface area contributed by atoms with Crippen molar-refractivity contribution >= 4 is 65.7 Å². The van der Waals surface area contributed by atoms with E-state index < -0.39 is 0 Å². The van der Waals surface area contributed by atoms with Crippen molar-refractivity contribution < 1.29 is 8.83 Å². The van der Waals surface area contributed by atoms with Gasteiger partial charge in [0.25, 0.3) is 0 Å². The van der Waals surface area contributed by atoms with E-state index in [0.717, 1.165) is 111 Å². The fourth-order valence-electron chi connectivity index (χ4n) is 9.63. The molecule has 0 N–H and O–H groups in total. The lowest BCUT2D eigenvalue weighted by molar-refractivity contribution is 0.668. The first-order valence-electron chi connectivity index (χ1n) is 21.2. The van der Waals surface area contributed by atoms with Gasteiger partial charge in [0.2, 0.25) is 0 Å². The molecule has 5 nitrogen and oxygen atoms in total. The van der Waals surface area contributed by atoms with Gasteiger partial charge in [-0.25, -0.2) is 9.97 Å². The molecule has 0 amide bonds. The number of rotatable bonds is 6. The fourth-order valence-corrected chi connectivity index (χ4v) is 9.63. The minimum absolute atomic E-state index is 0.651.